The fourth-order valence-electron chi connectivity index (χ4n) is 1.09. The molecule has 0 aliphatic carbocycles. The molecule has 0 bridgehead atoms. The molecule has 0 unspecified atom stereocenters. The van der Waals surface area contributed by atoms with E-state index in [4.69, 9.17) is 0 Å². The summed E-state index contributed by atoms with van der Waals surface area (Å²) in [7, 11) is 6.11. The molecule has 74 valence electrons. The average Bonchev–Trinajstić information content (AvgIpc) is 2.45. The van der Waals surface area contributed by atoms with Crippen LogP contribution in [0.15, 0.2) is 12.3 Å². The van der Waals surface area contributed by atoms with Crippen LogP contribution in [0.5, 0.6) is 0 Å². The first-order valence-electron chi connectivity index (χ1n) is 4.52. The van der Waals surface area contributed by atoms with Crippen molar-refractivity contribution >= 4 is 0 Å². The first-order valence-corrected chi connectivity index (χ1v) is 4.52. The van der Waals surface area contributed by atoms with Gasteiger partial charge in [-0.2, -0.15) is 5.10 Å². The minimum atomic E-state index is 0.893. The van der Waals surface area contributed by atoms with Gasteiger partial charge in [-0.05, 0) is 20.2 Å². The zero-order valence-corrected chi connectivity index (χ0v) is 8.62. The van der Waals surface area contributed by atoms with Crippen LogP contribution in [0.3, 0.4) is 0 Å². The molecule has 0 aliphatic rings. The van der Waals surface area contributed by atoms with Crippen LogP contribution in [-0.2, 0) is 13.6 Å². The van der Waals surface area contributed by atoms with Crippen LogP contribution in [-0.4, -0.2) is 41.9 Å². The lowest BCUT2D eigenvalue weighted by Gasteiger charge is -2.10. The standard InChI is InChI=1S/C9H18N4/c1-12(2)7-6-10-8-9-4-5-11-13(9)3/h4-5,10H,6-8H2,1-3H3. The van der Waals surface area contributed by atoms with Gasteiger partial charge < -0.3 is 10.2 Å². The molecule has 1 aromatic rings. The lowest BCUT2D eigenvalue weighted by Crippen LogP contribution is -2.26. The molecule has 0 aliphatic heterocycles. The van der Waals surface area contributed by atoms with Crippen LogP contribution < -0.4 is 5.32 Å². The molecule has 1 aromatic heterocycles. The van der Waals surface area contributed by atoms with Gasteiger partial charge in [0.25, 0.3) is 0 Å². The third-order valence-corrected chi connectivity index (χ3v) is 1.96. The molecule has 0 amide bonds. The van der Waals surface area contributed by atoms with Gasteiger partial charge >= 0.3 is 0 Å². The molecule has 0 radical (unpaired) electrons. The Morgan fingerprint density at radius 3 is 2.85 bits per heavy atom. The molecule has 1 heterocycles. The largest absolute Gasteiger partial charge is 0.310 e. The topological polar surface area (TPSA) is 33.1 Å². The Bertz CT molecular complexity index is 242. The van der Waals surface area contributed by atoms with Crippen LogP contribution in [0.4, 0.5) is 0 Å². The van der Waals surface area contributed by atoms with E-state index in [0.29, 0.717) is 0 Å². The number of aryl methyl sites for hydroxylation is 1. The molecular formula is C9H18N4. The number of aromatic nitrogens is 2. The molecule has 0 fully saturated rings. The predicted octanol–water partition coefficient (Wildman–Crippen LogP) is 0.0713. The van der Waals surface area contributed by atoms with Gasteiger partial charge in [0.05, 0.1) is 5.69 Å². The lowest BCUT2D eigenvalue weighted by atomic mass is 10.4. The summed E-state index contributed by atoms with van der Waals surface area (Å²) in [6.07, 6.45) is 1.82. The van der Waals surface area contributed by atoms with Gasteiger partial charge in [-0.15, -0.1) is 0 Å². The first-order chi connectivity index (χ1) is 6.20. The Balaban J connectivity index is 2.17. The molecule has 0 aromatic carbocycles. The van der Waals surface area contributed by atoms with Crippen molar-refractivity contribution in [1.82, 2.24) is 20.0 Å². The van der Waals surface area contributed by atoms with Gasteiger partial charge in [0.15, 0.2) is 0 Å². The first kappa shape index (κ1) is 10.2. The van der Waals surface area contributed by atoms with Crippen molar-refractivity contribution in [2.75, 3.05) is 27.2 Å². The monoisotopic (exact) mass is 182 g/mol. The smallest absolute Gasteiger partial charge is 0.0518 e. The highest BCUT2D eigenvalue weighted by molar-refractivity contribution is 4.98. The summed E-state index contributed by atoms with van der Waals surface area (Å²) in [5.74, 6) is 0. The van der Waals surface area contributed by atoms with E-state index < -0.39 is 0 Å². The maximum atomic E-state index is 4.10. The zero-order chi connectivity index (χ0) is 9.68. The minimum Gasteiger partial charge on any atom is -0.310 e. The third kappa shape index (κ3) is 3.57. The van der Waals surface area contributed by atoms with Crippen molar-refractivity contribution in [3.63, 3.8) is 0 Å². The molecule has 4 heteroatoms. The summed E-state index contributed by atoms with van der Waals surface area (Å²) in [5.41, 5.74) is 1.22. The summed E-state index contributed by atoms with van der Waals surface area (Å²) in [5, 5.41) is 7.45. The fraction of sp³-hybridized carbons (Fsp3) is 0.667. The molecule has 1 rings (SSSR count). The Hall–Kier alpha value is -0.870. The van der Waals surface area contributed by atoms with Crippen molar-refractivity contribution in [2.45, 2.75) is 6.54 Å². The van der Waals surface area contributed by atoms with Crippen LogP contribution in [0.25, 0.3) is 0 Å². The van der Waals surface area contributed by atoms with E-state index in [9.17, 15) is 0 Å². The fourth-order valence-corrected chi connectivity index (χ4v) is 1.09. The van der Waals surface area contributed by atoms with Gasteiger partial charge in [0.2, 0.25) is 0 Å². The number of nitrogens with one attached hydrogen (secondary N) is 1. The Morgan fingerprint density at radius 2 is 2.31 bits per heavy atom. The molecule has 1 N–H and O–H groups in total. The van der Waals surface area contributed by atoms with Gasteiger partial charge in [-0.25, -0.2) is 0 Å². The van der Waals surface area contributed by atoms with E-state index in [0.717, 1.165) is 19.6 Å². The zero-order valence-electron chi connectivity index (χ0n) is 8.62. The molecular weight excluding hydrogens is 164 g/mol. The van der Waals surface area contributed by atoms with Gasteiger partial charge in [0, 0.05) is 32.9 Å². The van der Waals surface area contributed by atoms with Crippen LogP contribution >= 0.6 is 0 Å². The highest BCUT2D eigenvalue weighted by Crippen LogP contribution is 1.94. The summed E-state index contributed by atoms with van der Waals surface area (Å²) in [6.45, 7) is 2.97. The predicted molar refractivity (Wildman–Crippen MR) is 53.5 cm³/mol. The third-order valence-electron chi connectivity index (χ3n) is 1.96. The number of hydrogen-bond acceptors (Lipinski definition) is 3. The average molecular weight is 182 g/mol. The summed E-state index contributed by atoms with van der Waals surface area (Å²) < 4.78 is 1.89. The van der Waals surface area contributed by atoms with Crippen molar-refractivity contribution in [2.24, 2.45) is 7.05 Å². The normalized spacial score (nSPS) is 11.1. The van der Waals surface area contributed by atoms with Gasteiger partial charge in [0.1, 0.15) is 0 Å². The van der Waals surface area contributed by atoms with E-state index in [1.165, 1.54) is 5.69 Å². The second-order valence-electron chi connectivity index (χ2n) is 3.43. The molecule has 0 atom stereocenters. The van der Waals surface area contributed by atoms with Crippen LogP contribution in [0, 0.1) is 0 Å². The molecule has 0 saturated heterocycles. The van der Waals surface area contributed by atoms with Crippen molar-refractivity contribution in [1.29, 1.82) is 0 Å². The Labute approximate surface area is 79.5 Å². The second-order valence-corrected chi connectivity index (χ2v) is 3.43. The SMILES string of the molecule is CN(C)CCNCc1ccnn1C. The number of hydrogen-bond donors (Lipinski definition) is 1. The Kier molecular flexibility index (Phi) is 3.92. The lowest BCUT2D eigenvalue weighted by molar-refractivity contribution is 0.398. The van der Waals surface area contributed by atoms with Gasteiger partial charge in [-0.3, -0.25) is 4.68 Å². The Morgan fingerprint density at radius 1 is 1.54 bits per heavy atom. The second kappa shape index (κ2) is 4.99. The molecule has 4 nitrogen and oxygen atoms in total. The molecule has 0 saturated carbocycles. The summed E-state index contributed by atoms with van der Waals surface area (Å²) in [4.78, 5) is 2.16. The van der Waals surface area contributed by atoms with Crippen LogP contribution in [0.2, 0.25) is 0 Å². The van der Waals surface area contributed by atoms with Gasteiger partial charge in [-0.1, -0.05) is 0 Å². The minimum absolute atomic E-state index is 0.893. The number of rotatable bonds is 5. The summed E-state index contributed by atoms with van der Waals surface area (Å²) in [6, 6.07) is 2.03. The van der Waals surface area contributed by atoms with E-state index in [2.05, 4.69) is 29.4 Å². The van der Waals surface area contributed by atoms with E-state index in [-0.39, 0.29) is 0 Å². The molecule has 0 spiro atoms. The van der Waals surface area contributed by atoms with E-state index >= 15 is 0 Å². The van der Waals surface area contributed by atoms with Crippen molar-refractivity contribution < 1.29 is 0 Å². The maximum absolute atomic E-state index is 4.10. The highest BCUT2D eigenvalue weighted by Gasteiger charge is 1.96. The van der Waals surface area contributed by atoms with E-state index in [1.807, 2.05) is 24.0 Å². The number of nitrogens with zero attached hydrogens (tertiary/aromatic N) is 3. The molecule has 13 heavy (non-hydrogen) atoms. The van der Waals surface area contributed by atoms with Crippen molar-refractivity contribution in [3.8, 4) is 0 Å². The summed E-state index contributed by atoms with van der Waals surface area (Å²) >= 11 is 0. The maximum Gasteiger partial charge on any atom is 0.0518 e. The quantitative estimate of drug-likeness (QED) is 0.654. The number of likely N-dealkylation sites (N-methyl/N-ethyl adjacent to an activating group) is 1. The highest BCUT2D eigenvalue weighted by atomic mass is 15.3. The van der Waals surface area contributed by atoms with Crippen LogP contribution in [0.1, 0.15) is 5.69 Å². The van der Waals surface area contributed by atoms with Crippen molar-refractivity contribution in [3.05, 3.63) is 18.0 Å². The van der Waals surface area contributed by atoms with E-state index in [1.54, 1.807) is 0 Å².